The molecule has 0 aliphatic carbocycles. The molecule has 3 rings (SSSR count). The van der Waals surface area contributed by atoms with Crippen molar-refractivity contribution in [2.45, 2.75) is 19.4 Å². The molecule has 1 atom stereocenters. The summed E-state index contributed by atoms with van der Waals surface area (Å²) in [6.07, 6.45) is 5.55. The normalized spacial score (nSPS) is 17.1. The average molecular weight is 371 g/mol. The van der Waals surface area contributed by atoms with E-state index >= 15 is 0 Å². The van der Waals surface area contributed by atoms with Gasteiger partial charge in [0.1, 0.15) is 11.6 Å². The maximum absolute atomic E-state index is 13.0. The number of benzene rings is 1. The number of aromatic nitrogens is 1. The monoisotopic (exact) mass is 371 g/mol. The number of amides is 1. The van der Waals surface area contributed by atoms with E-state index in [1.54, 1.807) is 24.5 Å². The molecule has 0 radical (unpaired) electrons. The first kappa shape index (κ1) is 19.3. The SMILES string of the molecule is CN(CC(=O)N1CCC[C@@H](COc2ccc(F)cc2)C1)Cc1ccncc1. The molecule has 1 amide bonds. The minimum Gasteiger partial charge on any atom is -0.493 e. The van der Waals surface area contributed by atoms with Crippen molar-refractivity contribution in [2.24, 2.45) is 5.92 Å². The highest BCUT2D eigenvalue weighted by molar-refractivity contribution is 5.78. The van der Waals surface area contributed by atoms with Gasteiger partial charge in [-0.25, -0.2) is 4.39 Å². The van der Waals surface area contributed by atoms with Gasteiger partial charge in [-0.3, -0.25) is 14.7 Å². The molecule has 144 valence electrons. The van der Waals surface area contributed by atoms with E-state index in [9.17, 15) is 9.18 Å². The third-order valence-corrected chi connectivity index (χ3v) is 4.78. The number of carbonyl (C=O) groups excluding carboxylic acids is 1. The molecule has 1 aromatic heterocycles. The van der Waals surface area contributed by atoms with E-state index in [-0.39, 0.29) is 11.7 Å². The number of halogens is 1. The molecule has 1 fully saturated rings. The van der Waals surface area contributed by atoms with E-state index in [0.717, 1.165) is 31.5 Å². The summed E-state index contributed by atoms with van der Waals surface area (Å²) in [5.74, 6) is 0.848. The topological polar surface area (TPSA) is 45.7 Å². The van der Waals surface area contributed by atoms with Crippen LogP contribution >= 0.6 is 0 Å². The molecule has 2 heterocycles. The van der Waals surface area contributed by atoms with E-state index in [2.05, 4.69) is 4.98 Å². The van der Waals surface area contributed by atoms with Gasteiger partial charge in [-0.15, -0.1) is 0 Å². The summed E-state index contributed by atoms with van der Waals surface area (Å²) in [5, 5.41) is 0. The second-order valence-electron chi connectivity index (χ2n) is 7.14. The number of nitrogens with zero attached hydrogens (tertiary/aromatic N) is 3. The molecule has 1 saturated heterocycles. The lowest BCUT2D eigenvalue weighted by atomic mass is 9.99. The van der Waals surface area contributed by atoms with E-state index in [0.29, 0.717) is 31.4 Å². The summed E-state index contributed by atoms with van der Waals surface area (Å²) in [6.45, 7) is 3.17. The van der Waals surface area contributed by atoms with Crippen LogP contribution in [0.25, 0.3) is 0 Å². The molecule has 5 nitrogen and oxygen atoms in total. The summed E-state index contributed by atoms with van der Waals surface area (Å²) in [4.78, 5) is 20.6. The highest BCUT2D eigenvalue weighted by atomic mass is 19.1. The van der Waals surface area contributed by atoms with Crippen LogP contribution in [0.1, 0.15) is 18.4 Å². The van der Waals surface area contributed by atoms with Gasteiger partial charge in [0.25, 0.3) is 0 Å². The molecule has 0 spiro atoms. The Kier molecular flexibility index (Phi) is 6.76. The van der Waals surface area contributed by atoms with Crippen molar-refractivity contribution in [3.8, 4) is 5.75 Å². The first-order valence-electron chi connectivity index (χ1n) is 9.34. The number of hydrogen-bond acceptors (Lipinski definition) is 4. The van der Waals surface area contributed by atoms with E-state index in [4.69, 9.17) is 4.74 Å². The average Bonchev–Trinajstić information content (AvgIpc) is 2.68. The largest absolute Gasteiger partial charge is 0.493 e. The van der Waals surface area contributed by atoms with Crippen LogP contribution in [0.2, 0.25) is 0 Å². The van der Waals surface area contributed by atoms with Crippen molar-refractivity contribution in [3.63, 3.8) is 0 Å². The second-order valence-corrected chi connectivity index (χ2v) is 7.14. The molecule has 27 heavy (non-hydrogen) atoms. The quantitative estimate of drug-likeness (QED) is 0.751. The van der Waals surface area contributed by atoms with Crippen LogP contribution in [-0.4, -0.2) is 54.0 Å². The Hall–Kier alpha value is -2.47. The Morgan fingerprint density at radius 1 is 1.26 bits per heavy atom. The summed E-state index contributed by atoms with van der Waals surface area (Å²) >= 11 is 0. The Labute approximate surface area is 159 Å². The summed E-state index contributed by atoms with van der Waals surface area (Å²) in [5.41, 5.74) is 1.14. The third kappa shape index (κ3) is 6.03. The van der Waals surface area contributed by atoms with Gasteiger partial charge in [0, 0.05) is 37.9 Å². The number of hydrogen-bond donors (Lipinski definition) is 0. The Balaban J connectivity index is 1.45. The lowest BCUT2D eigenvalue weighted by Crippen LogP contribution is -2.45. The fourth-order valence-corrected chi connectivity index (χ4v) is 3.36. The molecule has 0 unspecified atom stereocenters. The summed E-state index contributed by atoms with van der Waals surface area (Å²) in [7, 11) is 1.96. The number of pyridine rings is 1. The van der Waals surface area contributed by atoms with Crippen molar-refractivity contribution >= 4 is 5.91 Å². The number of piperidine rings is 1. The first-order chi connectivity index (χ1) is 13.1. The van der Waals surface area contributed by atoms with Gasteiger partial charge in [0.05, 0.1) is 13.2 Å². The fraction of sp³-hybridized carbons (Fsp3) is 0.429. The minimum absolute atomic E-state index is 0.151. The van der Waals surface area contributed by atoms with E-state index in [1.165, 1.54) is 12.1 Å². The van der Waals surface area contributed by atoms with Gasteiger partial charge < -0.3 is 9.64 Å². The number of ether oxygens (including phenoxy) is 1. The van der Waals surface area contributed by atoms with Crippen molar-refractivity contribution in [1.29, 1.82) is 0 Å². The van der Waals surface area contributed by atoms with Crippen LogP contribution in [0.4, 0.5) is 4.39 Å². The fourth-order valence-electron chi connectivity index (χ4n) is 3.36. The lowest BCUT2D eigenvalue weighted by molar-refractivity contribution is -0.134. The highest BCUT2D eigenvalue weighted by Gasteiger charge is 2.24. The van der Waals surface area contributed by atoms with Crippen molar-refractivity contribution in [1.82, 2.24) is 14.8 Å². The maximum atomic E-state index is 13.0. The number of likely N-dealkylation sites (tertiary alicyclic amines) is 1. The zero-order valence-electron chi connectivity index (χ0n) is 15.7. The zero-order chi connectivity index (χ0) is 19.1. The van der Waals surface area contributed by atoms with Gasteiger partial charge >= 0.3 is 0 Å². The first-order valence-corrected chi connectivity index (χ1v) is 9.34. The van der Waals surface area contributed by atoms with Crippen molar-refractivity contribution < 1.29 is 13.9 Å². The van der Waals surface area contributed by atoms with Gasteiger partial charge in [0.2, 0.25) is 5.91 Å². The standard InChI is InChI=1S/C21H26FN3O2/c1-24(13-17-8-10-23-11-9-17)15-21(26)25-12-2-3-18(14-25)16-27-20-6-4-19(22)5-7-20/h4-11,18H,2-3,12-16H2,1H3/t18-/m1/s1. The molecule has 1 aromatic carbocycles. The molecule has 0 bridgehead atoms. The number of rotatable bonds is 7. The van der Waals surface area contributed by atoms with E-state index in [1.807, 2.05) is 29.0 Å². The highest BCUT2D eigenvalue weighted by Crippen LogP contribution is 2.19. The van der Waals surface area contributed by atoms with Crippen LogP contribution in [-0.2, 0) is 11.3 Å². The Bertz CT molecular complexity index is 724. The third-order valence-electron chi connectivity index (χ3n) is 4.78. The predicted octanol–water partition coefficient (Wildman–Crippen LogP) is 2.97. The van der Waals surface area contributed by atoms with Crippen LogP contribution in [0.15, 0.2) is 48.8 Å². The van der Waals surface area contributed by atoms with Gasteiger partial charge in [-0.2, -0.15) is 0 Å². The molecule has 2 aromatic rings. The van der Waals surface area contributed by atoms with Crippen molar-refractivity contribution in [3.05, 3.63) is 60.2 Å². The number of carbonyl (C=O) groups is 1. The lowest BCUT2D eigenvalue weighted by Gasteiger charge is -2.33. The molecule has 0 saturated carbocycles. The molecule has 0 N–H and O–H groups in total. The summed E-state index contributed by atoms with van der Waals surface area (Å²) in [6, 6.07) is 9.98. The molecule has 1 aliphatic heterocycles. The molecular weight excluding hydrogens is 345 g/mol. The summed E-state index contributed by atoms with van der Waals surface area (Å²) < 4.78 is 18.7. The van der Waals surface area contributed by atoms with Gasteiger partial charge in [-0.1, -0.05) is 0 Å². The Morgan fingerprint density at radius 3 is 2.74 bits per heavy atom. The molecule has 1 aliphatic rings. The van der Waals surface area contributed by atoms with Gasteiger partial charge in [-0.05, 0) is 61.9 Å². The van der Waals surface area contributed by atoms with Crippen LogP contribution in [0, 0.1) is 11.7 Å². The smallest absolute Gasteiger partial charge is 0.236 e. The molecule has 6 heteroatoms. The Morgan fingerprint density at radius 2 is 2.00 bits per heavy atom. The van der Waals surface area contributed by atoms with Crippen LogP contribution in [0.5, 0.6) is 5.75 Å². The predicted molar refractivity (Wildman–Crippen MR) is 102 cm³/mol. The zero-order valence-corrected chi connectivity index (χ0v) is 15.7. The molecular formula is C21H26FN3O2. The minimum atomic E-state index is -0.271. The van der Waals surface area contributed by atoms with Gasteiger partial charge in [0.15, 0.2) is 0 Å². The van der Waals surface area contributed by atoms with Crippen LogP contribution in [0.3, 0.4) is 0 Å². The van der Waals surface area contributed by atoms with E-state index < -0.39 is 0 Å². The second kappa shape index (κ2) is 9.46. The van der Waals surface area contributed by atoms with Crippen LogP contribution < -0.4 is 4.74 Å². The number of likely N-dealkylation sites (N-methyl/N-ethyl adjacent to an activating group) is 1. The van der Waals surface area contributed by atoms with Crippen molar-refractivity contribution in [2.75, 3.05) is 33.3 Å². The maximum Gasteiger partial charge on any atom is 0.236 e.